The second-order valence-electron chi connectivity index (χ2n) is 8.00. The highest BCUT2D eigenvalue weighted by molar-refractivity contribution is 5.58. The van der Waals surface area contributed by atoms with E-state index in [4.69, 9.17) is 0 Å². The zero-order valence-corrected chi connectivity index (χ0v) is 16.6. The van der Waals surface area contributed by atoms with Crippen molar-refractivity contribution in [1.82, 2.24) is 10.2 Å². The number of unbranched alkanes of at least 4 members (excludes halogenated alkanes) is 2. The second kappa shape index (κ2) is 9.85. The minimum absolute atomic E-state index is 0.617. The Morgan fingerprint density at radius 3 is 2.19 bits per heavy atom. The Hall–Kier alpha value is -1.70. The van der Waals surface area contributed by atoms with E-state index in [2.05, 4.69) is 60.4 Å². The lowest BCUT2D eigenvalue weighted by molar-refractivity contribution is 0.299. The lowest BCUT2D eigenvalue weighted by atomic mass is 9.78. The van der Waals surface area contributed by atoms with Gasteiger partial charge >= 0.3 is 0 Å². The number of rotatable bonds is 8. The monoisotopic (exact) mass is 350 g/mol. The van der Waals surface area contributed by atoms with Crippen LogP contribution in [-0.4, -0.2) is 10.2 Å². The van der Waals surface area contributed by atoms with Crippen molar-refractivity contribution in [2.45, 2.75) is 84.0 Å². The lowest BCUT2D eigenvalue weighted by Gasteiger charge is -2.28. The van der Waals surface area contributed by atoms with Crippen LogP contribution in [0.5, 0.6) is 0 Å². The first kappa shape index (κ1) is 19.1. The van der Waals surface area contributed by atoms with Crippen LogP contribution in [0, 0.1) is 5.92 Å². The molecule has 3 rings (SSSR count). The van der Waals surface area contributed by atoms with Crippen LogP contribution in [0.3, 0.4) is 0 Å². The van der Waals surface area contributed by atoms with Gasteiger partial charge in [0, 0.05) is 11.5 Å². The van der Waals surface area contributed by atoms with Gasteiger partial charge in [-0.3, -0.25) is 0 Å². The summed E-state index contributed by atoms with van der Waals surface area (Å²) in [7, 11) is 0. The number of hydrogen-bond donors (Lipinski definition) is 0. The van der Waals surface area contributed by atoms with Gasteiger partial charge in [-0.15, -0.1) is 0 Å². The minimum Gasteiger partial charge on any atom is -0.155 e. The van der Waals surface area contributed by atoms with Gasteiger partial charge in [0.05, 0.1) is 11.4 Å². The fourth-order valence-electron chi connectivity index (χ4n) is 4.28. The van der Waals surface area contributed by atoms with Crippen molar-refractivity contribution >= 4 is 0 Å². The molecule has 0 N–H and O–H groups in total. The number of nitrogens with zero attached hydrogens (tertiary/aromatic N) is 2. The van der Waals surface area contributed by atoms with E-state index in [1.165, 1.54) is 74.6 Å². The zero-order chi connectivity index (χ0) is 18.2. The molecule has 2 nitrogen and oxygen atoms in total. The largest absolute Gasteiger partial charge is 0.155 e. The minimum atomic E-state index is 0.617. The second-order valence-corrected chi connectivity index (χ2v) is 8.00. The molecule has 140 valence electrons. The summed E-state index contributed by atoms with van der Waals surface area (Å²) in [6, 6.07) is 13.2. The van der Waals surface area contributed by atoms with Gasteiger partial charge in [-0.2, -0.15) is 10.2 Å². The summed E-state index contributed by atoms with van der Waals surface area (Å²) in [6.07, 6.45) is 13.2. The van der Waals surface area contributed by atoms with Crippen LogP contribution in [0.25, 0.3) is 11.3 Å². The van der Waals surface area contributed by atoms with Crippen LogP contribution < -0.4 is 0 Å². The van der Waals surface area contributed by atoms with Crippen molar-refractivity contribution < 1.29 is 0 Å². The molecular weight excluding hydrogens is 316 g/mol. The molecule has 0 atom stereocenters. The Morgan fingerprint density at radius 2 is 1.58 bits per heavy atom. The lowest BCUT2D eigenvalue weighted by Crippen LogP contribution is -2.14. The van der Waals surface area contributed by atoms with E-state index in [1.807, 2.05) is 0 Å². The van der Waals surface area contributed by atoms with E-state index in [0.29, 0.717) is 5.92 Å². The summed E-state index contributed by atoms with van der Waals surface area (Å²) >= 11 is 0. The molecule has 1 fully saturated rings. The van der Waals surface area contributed by atoms with Crippen LogP contribution in [0.2, 0.25) is 0 Å². The molecule has 26 heavy (non-hydrogen) atoms. The third-order valence-corrected chi connectivity index (χ3v) is 5.95. The Morgan fingerprint density at radius 1 is 0.808 bits per heavy atom. The SMILES string of the molecule is CCCCC[C@H]1CC[C@H](c2ccc(-c3ccc(CCC)cc3)nn2)CC1. The third-order valence-electron chi connectivity index (χ3n) is 5.95. The molecule has 2 heteroatoms. The molecule has 0 spiro atoms. The third kappa shape index (κ3) is 5.16. The van der Waals surface area contributed by atoms with E-state index in [-0.39, 0.29) is 0 Å². The van der Waals surface area contributed by atoms with Gasteiger partial charge in [0.2, 0.25) is 0 Å². The maximum Gasteiger partial charge on any atom is 0.0929 e. The van der Waals surface area contributed by atoms with E-state index >= 15 is 0 Å². The molecule has 1 aromatic heterocycles. The van der Waals surface area contributed by atoms with Gasteiger partial charge in [0.15, 0.2) is 0 Å². The van der Waals surface area contributed by atoms with Crippen molar-refractivity contribution in [2.75, 3.05) is 0 Å². The van der Waals surface area contributed by atoms with Crippen LogP contribution in [0.1, 0.15) is 88.8 Å². The molecule has 0 saturated heterocycles. The van der Waals surface area contributed by atoms with Gasteiger partial charge < -0.3 is 0 Å². The number of aromatic nitrogens is 2. The Balaban J connectivity index is 1.55. The highest BCUT2D eigenvalue weighted by atomic mass is 15.1. The smallest absolute Gasteiger partial charge is 0.0929 e. The predicted octanol–water partition coefficient (Wildman–Crippen LogP) is 6.95. The Kier molecular flexibility index (Phi) is 7.22. The van der Waals surface area contributed by atoms with Crippen molar-refractivity contribution in [3.8, 4) is 11.3 Å². The van der Waals surface area contributed by atoms with Crippen molar-refractivity contribution in [3.05, 3.63) is 47.7 Å². The summed E-state index contributed by atoms with van der Waals surface area (Å²) in [4.78, 5) is 0. The average Bonchev–Trinajstić information content (AvgIpc) is 2.70. The predicted molar refractivity (Wildman–Crippen MR) is 110 cm³/mol. The van der Waals surface area contributed by atoms with Crippen LogP contribution in [0.15, 0.2) is 36.4 Å². The summed E-state index contributed by atoms with van der Waals surface area (Å²) in [5.41, 5.74) is 4.76. The number of hydrogen-bond acceptors (Lipinski definition) is 2. The molecule has 1 saturated carbocycles. The maximum absolute atomic E-state index is 4.59. The fourth-order valence-corrected chi connectivity index (χ4v) is 4.28. The van der Waals surface area contributed by atoms with E-state index in [0.717, 1.165) is 18.0 Å². The highest BCUT2D eigenvalue weighted by Gasteiger charge is 2.23. The first-order valence-corrected chi connectivity index (χ1v) is 10.7. The van der Waals surface area contributed by atoms with Gasteiger partial charge in [-0.1, -0.05) is 70.2 Å². The highest BCUT2D eigenvalue weighted by Crippen LogP contribution is 2.37. The van der Waals surface area contributed by atoms with E-state index in [9.17, 15) is 0 Å². The van der Waals surface area contributed by atoms with Gasteiger partial charge in [0.1, 0.15) is 0 Å². The summed E-state index contributed by atoms with van der Waals surface area (Å²) in [6.45, 7) is 4.51. The summed E-state index contributed by atoms with van der Waals surface area (Å²) < 4.78 is 0. The molecule has 1 aliphatic rings. The van der Waals surface area contributed by atoms with Crippen molar-refractivity contribution in [1.29, 1.82) is 0 Å². The Labute approximate surface area is 159 Å². The molecule has 0 bridgehead atoms. The van der Waals surface area contributed by atoms with Gasteiger partial charge in [0.25, 0.3) is 0 Å². The standard InChI is InChI=1S/C24H34N2/c1-3-5-6-8-20-11-15-22(16-12-20)24-18-17-23(25-26-24)21-13-9-19(7-4-2)10-14-21/h9-10,13-14,17-18,20,22H,3-8,11-12,15-16H2,1-2H3/t20-,22-. The zero-order valence-electron chi connectivity index (χ0n) is 16.6. The first-order valence-electron chi connectivity index (χ1n) is 10.7. The fraction of sp³-hybridized carbons (Fsp3) is 0.583. The summed E-state index contributed by atoms with van der Waals surface area (Å²) in [5, 5.41) is 9.12. The summed E-state index contributed by atoms with van der Waals surface area (Å²) in [5.74, 6) is 1.57. The van der Waals surface area contributed by atoms with Crippen LogP contribution >= 0.6 is 0 Å². The molecular formula is C24H34N2. The number of benzene rings is 1. The van der Waals surface area contributed by atoms with E-state index in [1.54, 1.807) is 0 Å². The Bertz CT molecular complexity index is 637. The van der Waals surface area contributed by atoms with Gasteiger partial charge in [-0.05, 0) is 55.7 Å². The molecule has 1 heterocycles. The van der Waals surface area contributed by atoms with E-state index < -0.39 is 0 Å². The molecule has 0 amide bonds. The van der Waals surface area contributed by atoms with Gasteiger partial charge in [-0.25, -0.2) is 0 Å². The molecule has 2 aromatic rings. The maximum atomic E-state index is 4.59. The molecule has 1 aromatic carbocycles. The first-order chi connectivity index (χ1) is 12.8. The molecule has 0 radical (unpaired) electrons. The van der Waals surface area contributed by atoms with Crippen molar-refractivity contribution in [2.24, 2.45) is 5.92 Å². The van der Waals surface area contributed by atoms with Crippen LogP contribution in [-0.2, 0) is 6.42 Å². The molecule has 1 aliphatic carbocycles. The molecule has 0 unspecified atom stereocenters. The van der Waals surface area contributed by atoms with Crippen molar-refractivity contribution in [3.63, 3.8) is 0 Å². The normalized spacial score (nSPS) is 20.2. The number of aryl methyl sites for hydroxylation is 1. The quantitative estimate of drug-likeness (QED) is 0.481. The van der Waals surface area contributed by atoms with Crippen LogP contribution in [0.4, 0.5) is 0 Å². The molecule has 0 aliphatic heterocycles. The average molecular weight is 351 g/mol. The topological polar surface area (TPSA) is 25.8 Å².